The molecule has 0 aliphatic heterocycles. The summed E-state index contributed by atoms with van der Waals surface area (Å²) in [5.41, 5.74) is 15.7. The summed E-state index contributed by atoms with van der Waals surface area (Å²) in [6.07, 6.45) is 13.0. The third kappa shape index (κ3) is 4.64. The van der Waals surface area contributed by atoms with Crippen LogP contribution in [0.3, 0.4) is 0 Å². The predicted molar refractivity (Wildman–Crippen MR) is 120 cm³/mol. The molecule has 2 N–H and O–H groups in total. The Balaban J connectivity index is 1.98. The van der Waals surface area contributed by atoms with Crippen LogP contribution in [0.4, 0.5) is 5.69 Å². The molecule has 0 spiro atoms. The van der Waals surface area contributed by atoms with Crippen LogP contribution in [0.2, 0.25) is 0 Å². The molecule has 0 saturated heterocycles. The molecule has 0 saturated carbocycles. The Labute approximate surface area is 165 Å². The van der Waals surface area contributed by atoms with Crippen molar-refractivity contribution in [2.24, 2.45) is 0 Å². The molecule has 2 aromatic carbocycles. The van der Waals surface area contributed by atoms with Crippen LogP contribution < -0.4 is 5.73 Å². The molecule has 0 aromatic heterocycles. The highest BCUT2D eigenvalue weighted by atomic mass is 14.5. The normalized spacial score (nSPS) is 12.1. The number of allylic oxidation sites excluding steroid dienone is 1. The summed E-state index contributed by atoms with van der Waals surface area (Å²) < 4.78 is 0. The number of nitrogen functional groups attached to an aromatic ring is 1. The Kier molecular flexibility index (Phi) is 7.15. The zero-order valence-electron chi connectivity index (χ0n) is 17.2. The highest BCUT2D eigenvalue weighted by Crippen LogP contribution is 2.47. The first kappa shape index (κ1) is 19.7. The van der Waals surface area contributed by atoms with Crippen LogP contribution in [0, 0.1) is 0 Å². The second-order valence-corrected chi connectivity index (χ2v) is 7.95. The average Bonchev–Trinajstić information content (AvgIpc) is 3.00. The maximum Gasteiger partial charge on any atom is 0.0320 e. The van der Waals surface area contributed by atoms with E-state index in [9.17, 15) is 0 Å². The number of hydrogen-bond donors (Lipinski definition) is 1. The van der Waals surface area contributed by atoms with Gasteiger partial charge >= 0.3 is 0 Å². The van der Waals surface area contributed by atoms with Gasteiger partial charge in [0, 0.05) is 5.69 Å². The molecule has 0 radical (unpaired) electrons. The van der Waals surface area contributed by atoms with Crippen LogP contribution in [0.1, 0.15) is 89.2 Å². The quantitative estimate of drug-likeness (QED) is 0.287. The molecule has 1 aliphatic carbocycles. The van der Waals surface area contributed by atoms with E-state index in [1.165, 1.54) is 92.0 Å². The van der Waals surface area contributed by atoms with Gasteiger partial charge in [-0.05, 0) is 65.6 Å². The van der Waals surface area contributed by atoms with Crippen molar-refractivity contribution in [1.29, 1.82) is 0 Å². The molecule has 0 heterocycles. The number of nitrogens with two attached hydrogens (primary N) is 1. The van der Waals surface area contributed by atoms with Gasteiger partial charge in [0.2, 0.25) is 0 Å². The van der Waals surface area contributed by atoms with Gasteiger partial charge in [0.25, 0.3) is 0 Å². The van der Waals surface area contributed by atoms with Crippen LogP contribution in [-0.2, 0) is 0 Å². The van der Waals surface area contributed by atoms with E-state index in [1.54, 1.807) is 5.57 Å². The number of rotatable bonds is 10. The average molecular weight is 362 g/mol. The van der Waals surface area contributed by atoms with Gasteiger partial charge in [-0.25, -0.2) is 0 Å². The van der Waals surface area contributed by atoms with Gasteiger partial charge in [0.1, 0.15) is 0 Å². The summed E-state index contributed by atoms with van der Waals surface area (Å²) in [4.78, 5) is 0. The van der Waals surface area contributed by atoms with Crippen LogP contribution in [0.5, 0.6) is 0 Å². The minimum atomic E-state index is 0.871. The first-order valence-corrected chi connectivity index (χ1v) is 11.0. The van der Waals surface area contributed by atoms with Crippen molar-refractivity contribution < 1.29 is 0 Å². The SMILES string of the molecule is CCCCCCC(CCCCCC)=C1c2ccccc2-c2ccc(N)cc21. The molecule has 27 heavy (non-hydrogen) atoms. The van der Waals surface area contributed by atoms with E-state index in [4.69, 9.17) is 5.73 Å². The lowest BCUT2D eigenvalue weighted by Gasteiger charge is -2.15. The van der Waals surface area contributed by atoms with Gasteiger partial charge in [-0.1, -0.05) is 88.3 Å². The number of anilines is 1. The Bertz CT molecular complexity index is 771. The zero-order chi connectivity index (χ0) is 19.1. The lowest BCUT2D eigenvalue weighted by atomic mass is 9.90. The molecule has 0 amide bonds. The molecule has 1 aliphatic rings. The molecule has 0 unspecified atom stereocenters. The summed E-state index contributed by atoms with van der Waals surface area (Å²) in [6.45, 7) is 4.58. The van der Waals surface area contributed by atoms with Gasteiger partial charge in [-0.15, -0.1) is 0 Å². The molecule has 144 valence electrons. The second-order valence-electron chi connectivity index (χ2n) is 7.95. The number of unbranched alkanes of at least 4 members (excludes halogenated alkanes) is 6. The predicted octanol–water partition coefficient (Wildman–Crippen LogP) is 7.99. The molecular formula is C26H35N. The van der Waals surface area contributed by atoms with Gasteiger partial charge in [0.05, 0.1) is 0 Å². The number of benzene rings is 2. The molecule has 1 nitrogen and oxygen atoms in total. The van der Waals surface area contributed by atoms with Crippen LogP contribution in [-0.4, -0.2) is 0 Å². The molecule has 0 bridgehead atoms. The summed E-state index contributed by atoms with van der Waals surface area (Å²) in [6, 6.07) is 15.4. The monoisotopic (exact) mass is 361 g/mol. The number of hydrogen-bond acceptors (Lipinski definition) is 1. The Morgan fingerprint density at radius 3 is 1.89 bits per heavy atom. The van der Waals surface area contributed by atoms with Crippen LogP contribution in [0.25, 0.3) is 16.7 Å². The highest BCUT2D eigenvalue weighted by Gasteiger charge is 2.25. The lowest BCUT2D eigenvalue weighted by molar-refractivity contribution is 0.626. The topological polar surface area (TPSA) is 26.0 Å². The Morgan fingerprint density at radius 2 is 1.26 bits per heavy atom. The van der Waals surface area contributed by atoms with E-state index >= 15 is 0 Å². The first-order valence-electron chi connectivity index (χ1n) is 11.0. The van der Waals surface area contributed by atoms with Crippen LogP contribution >= 0.6 is 0 Å². The summed E-state index contributed by atoms with van der Waals surface area (Å²) >= 11 is 0. The molecule has 1 heteroatoms. The Morgan fingerprint density at radius 1 is 0.667 bits per heavy atom. The highest BCUT2D eigenvalue weighted by molar-refractivity contribution is 6.02. The van der Waals surface area contributed by atoms with Crippen LogP contribution in [0.15, 0.2) is 48.0 Å². The van der Waals surface area contributed by atoms with E-state index < -0.39 is 0 Å². The van der Waals surface area contributed by atoms with Crippen molar-refractivity contribution >= 4 is 11.3 Å². The maximum atomic E-state index is 6.18. The van der Waals surface area contributed by atoms with Gasteiger partial charge in [-0.2, -0.15) is 0 Å². The van der Waals surface area contributed by atoms with E-state index in [2.05, 4.69) is 50.2 Å². The van der Waals surface area contributed by atoms with Crippen molar-refractivity contribution in [1.82, 2.24) is 0 Å². The van der Waals surface area contributed by atoms with Gasteiger partial charge < -0.3 is 5.73 Å². The Hall–Kier alpha value is -2.02. The molecular weight excluding hydrogens is 326 g/mol. The zero-order valence-corrected chi connectivity index (χ0v) is 17.2. The fourth-order valence-electron chi connectivity index (χ4n) is 4.37. The summed E-state index contributed by atoms with van der Waals surface area (Å²) in [5, 5.41) is 0. The van der Waals surface area contributed by atoms with Gasteiger partial charge in [-0.3, -0.25) is 0 Å². The van der Waals surface area contributed by atoms with E-state index in [0.29, 0.717) is 0 Å². The van der Waals surface area contributed by atoms with E-state index in [-0.39, 0.29) is 0 Å². The van der Waals surface area contributed by atoms with Crippen molar-refractivity contribution in [3.05, 3.63) is 59.2 Å². The smallest absolute Gasteiger partial charge is 0.0320 e. The summed E-state index contributed by atoms with van der Waals surface area (Å²) in [7, 11) is 0. The molecule has 0 fully saturated rings. The van der Waals surface area contributed by atoms with Crippen molar-refractivity contribution in [3.8, 4) is 11.1 Å². The first-order chi connectivity index (χ1) is 13.3. The lowest BCUT2D eigenvalue weighted by Crippen LogP contribution is -1.95. The maximum absolute atomic E-state index is 6.18. The largest absolute Gasteiger partial charge is 0.399 e. The standard InChI is InChI=1S/C26H35N/c1-3-5-7-9-13-20(14-10-8-6-4-2)26-24-16-12-11-15-22(24)23-18-17-21(27)19-25(23)26/h11-12,15-19H,3-10,13-14,27H2,1-2H3. The molecule has 3 rings (SSSR count). The van der Waals surface area contributed by atoms with Gasteiger partial charge in [0.15, 0.2) is 0 Å². The third-order valence-electron chi connectivity index (χ3n) is 5.82. The van der Waals surface area contributed by atoms with E-state index in [1.807, 2.05) is 6.07 Å². The summed E-state index contributed by atoms with van der Waals surface area (Å²) in [5.74, 6) is 0. The van der Waals surface area contributed by atoms with Crippen molar-refractivity contribution in [2.45, 2.75) is 78.1 Å². The third-order valence-corrected chi connectivity index (χ3v) is 5.82. The minimum Gasteiger partial charge on any atom is -0.399 e. The number of fused-ring (bicyclic) bond motifs is 3. The molecule has 0 atom stereocenters. The van der Waals surface area contributed by atoms with E-state index in [0.717, 1.165) is 5.69 Å². The second kappa shape index (κ2) is 9.78. The minimum absolute atomic E-state index is 0.871. The van der Waals surface area contributed by atoms with Crippen molar-refractivity contribution in [3.63, 3.8) is 0 Å². The molecule has 2 aromatic rings. The van der Waals surface area contributed by atoms with Crippen molar-refractivity contribution in [2.75, 3.05) is 5.73 Å². The fourth-order valence-corrected chi connectivity index (χ4v) is 4.37. The fraction of sp³-hybridized carbons (Fsp3) is 0.462.